The van der Waals surface area contributed by atoms with Gasteiger partial charge in [0.1, 0.15) is 0 Å². The number of carbonyl (C=O) groups is 2. The average molecular weight is 341 g/mol. The summed E-state index contributed by atoms with van der Waals surface area (Å²) in [6.07, 6.45) is 0. The Morgan fingerprint density at radius 3 is 2.38 bits per heavy atom. The monoisotopic (exact) mass is 340 g/mol. The Balaban J connectivity index is 2.09. The van der Waals surface area contributed by atoms with Crippen LogP contribution in [0.25, 0.3) is 0 Å². The lowest BCUT2D eigenvalue weighted by Crippen LogP contribution is -2.45. The molecular formula is C19H17ClN2O2. The molecule has 2 aromatic rings. The maximum atomic E-state index is 13.0. The Kier molecular flexibility index (Phi) is 4.40. The van der Waals surface area contributed by atoms with Crippen LogP contribution in [-0.4, -0.2) is 11.8 Å². The Morgan fingerprint density at radius 2 is 1.71 bits per heavy atom. The van der Waals surface area contributed by atoms with Crippen LogP contribution >= 0.6 is 11.6 Å². The first-order chi connectivity index (χ1) is 11.5. The molecule has 0 fully saturated rings. The number of aryl methyl sites for hydroxylation is 1. The van der Waals surface area contributed by atoms with Crippen LogP contribution in [-0.2, 0) is 0 Å². The van der Waals surface area contributed by atoms with Crippen molar-refractivity contribution in [2.75, 3.05) is 0 Å². The van der Waals surface area contributed by atoms with E-state index in [4.69, 9.17) is 11.6 Å². The minimum Gasteiger partial charge on any atom is -0.327 e. The van der Waals surface area contributed by atoms with Crippen molar-refractivity contribution < 1.29 is 9.59 Å². The molecular weight excluding hydrogens is 324 g/mol. The van der Waals surface area contributed by atoms with E-state index in [9.17, 15) is 9.59 Å². The van der Waals surface area contributed by atoms with E-state index in [2.05, 4.69) is 10.6 Å². The number of hydrogen-bond acceptors (Lipinski definition) is 2. The fourth-order valence-electron chi connectivity index (χ4n) is 2.90. The molecule has 1 aliphatic heterocycles. The van der Waals surface area contributed by atoms with Crippen LogP contribution in [0.15, 0.2) is 59.8 Å². The molecule has 0 saturated carbocycles. The second-order valence-corrected chi connectivity index (χ2v) is 6.20. The smallest absolute Gasteiger partial charge is 0.319 e. The van der Waals surface area contributed by atoms with Crippen LogP contribution in [0.3, 0.4) is 0 Å². The first-order valence-electron chi connectivity index (χ1n) is 7.61. The van der Waals surface area contributed by atoms with Crippen molar-refractivity contribution in [3.8, 4) is 0 Å². The molecule has 1 heterocycles. The number of benzene rings is 2. The fourth-order valence-corrected chi connectivity index (χ4v) is 3.02. The molecule has 3 rings (SSSR count). The van der Waals surface area contributed by atoms with E-state index in [1.165, 1.54) is 0 Å². The van der Waals surface area contributed by atoms with Crippen molar-refractivity contribution >= 4 is 23.4 Å². The van der Waals surface area contributed by atoms with Gasteiger partial charge in [0.25, 0.3) is 0 Å². The Bertz CT molecular complexity index is 841. The maximum absolute atomic E-state index is 13.0. The topological polar surface area (TPSA) is 58.2 Å². The van der Waals surface area contributed by atoms with E-state index in [0.29, 0.717) is 21.9 Å². The number of rotatable bonds is 3. The van der Waals surface area contributed by atoms with Crippen molar-refractivity contribution in [2.45, 2.75) is 19.9 Å². The molecule has 0 bridgehead atoms. The third-order valence-electron chi connectivity index (χ3n) is 4.12. The molecule has 4 nitrogen and oxygen atoms in total. The standard InChI is InChI=1S/C19H17ClN2O2/c1-11-5-3-4-6-15(11)17-16(12(2)21-19(24)22-17)18(23)13-7-9-14(20)10-8-13/h3-10,17H,1-2H3,(H2,21,22,24)/t17-/m0/s1. The van der Waals surface area contributed by atoms with E-state index < -0.39 is 6.04 Å². The van der Waals surface area contributed by atoms with Crippen molar-refractivity contribution in [1.82, 2.24) is 10.6 Å². The summed E-state index contributed by atoms with van der Waals surface area (Å²) in [5.41, 5.74) is 3.55. The van der Waals surface area contributed by atoms with Crippen LogP contribution in [0.2, 0.25) is 5.02 Å². The summed E-state index contributed by atoms with van der Waals surface area (Å²) in [6.45, 7) is 3.70. The number of ketones is 1. The van der Waals surface area contributed by atoms with Gasteiger partial charge in [0.05, 0.1) is 6.04 Å². The molecule has 0 aliphatic carbocycles. The Morgan fingerprint density at radius 1 is 1.04 bits per heavy atom. The maximum Gasteiger partial charge on any atom is 0.319 e. The van der Waals surface area contributed by atoms with Crippen LogP contribution in [0.4, 0.5) is 4.79 Å². The summed E-state index contributed by atoms with van der Waals surface area (Å²) in [7, 11) is 0. The Labute approximate surface area is 145 Å². The summed E-state index contributed by atoms with van der Waals surface area (Å²) in [5.74, 6) is -0.134. The predicted molar refractivity (Wildman–Crippen MR) is 94.1 cm³/mol. The summed E-state index contributed by atoms with van der Waals surface area (Å²) in [5, 5.41) is 6.13. The largest absolute Gasteiger partial charge is 0.327 e. The highest BCUT2D eigenvalue weighted by Crippen LogP contribution is 2.31. The van der Waals surface area contributed by atoms with Gasteiger partial charge in [-0.15, -0.1) is 0 Å². The molecule has 2 amide bonds. The van der Waals surface area contributed by atoms with Gasteiger partial charge < -0.3 is 10.6 Å². The van der Waals surface area contributed by atoms with Crippen molar-refractivity contribution in [3.05, 3.63) is 81.5 Å². The third-order valence-corrected chi connectivity index (χ3v) is 4.37. The fraction of sp³-hybridized carbons (Fsp3) is 0.158. The summed E-state index contributed by atoms with van der Waals surface area (Å²) >= 11 is 5.90. The van der Waals surface area contributed by atoms with Gasteiger partial charge in [-0.05, 0) is 49.2 Å². The zero-order chi connectivity index (χ0) is 17.3. The molecule has 1 atom stereocenters. The molecule has 1 aliphatic rings. The van der Waals surface area contributed by atoms with E-state index in [1.54, 1.807) is 31.2 Å². The summed E-state index contributed by atoms with van der Waals surface area (Å²) < 4.78 is 0. The van der Waals surface area contributed by atoms with Gasteiger partial charge in [-0.1, -0.05) is 35.9 Å². The van der Waals surface area contributed by atoms with E-state index in [-0.39, 0.29) is 11.8 Å². The zero-order valence-electron chi connectivity index (χ0n) is 13.4. The summed E-state index contributed by atoms with van der Waals surface area (Å²) in [6, 6.07) is 13.7. The molecule has 2 aromatic carbocycles. The highest BCUT2D eigenvalue weighted by atomic mass is 35.5. The van der Waals surface area contributed by atoms with Gasteiger partial charge >= 0.3 is 6.03 Å². The lowest BCUT2D eigenvalue weighted by Gasteiger charge is -2.29. The number of nitrogens with one attached hydrogen (secondary N) is 2. The van der Waals surface area contributed by atoms with Crippen LogP contribution in [0.5, 0.6) is 0 Å². The number of Topliss-reactive ketones (excluding diaryl/α,β-unsaturated/α-hetero) is 1. The van der Waals surface area contributed by atoms with Gasteiger partial charge in [-0.2, -0.15) is 0 Å². The molecule has 0 saturated heterocycles. The normalized spacial score (nSPS) is 17.3. The van der Waals surface area contributed by atoms with Gasteiger partial charge in [-0.25, -0.2) is 4.79 Å². The second-order valence-electron chi connectivity index (χ2n) is 5.76. The first-order valence-corrected chi connectivity index (χ1v) is 7.99. The molecule has 0 spiro atoms. The lowest BCUT2D eigenvalue weighted by molar-refractivity contribution is 0.102. The number of allylic oxidation sites excluding steroid dienone is 1. The Hall–Kier alpha value is -2.59. The highest BCUT2D eigenvalue weighted by Gasteiger charge is 2.32. The molecule has 0 unspecified atom stereocenters. The van der Waals surface area contributed by atoms with Gasteiger partial charge in [-0.3, -0.25) is 4.79 Å². The molecule has 5 heteroatoms. The minimum absolute atomic E-state index is 0.134. The predicted octanol–water partition coefficient (Wildman–Crippen LogP) is 4.16. The third kappa shape index (κ3) is 3.05. The van der Waals surface area contributed by atoms with E-state index in [0.717, 1.165) is 11.1 Å². The van der Waals surface area contributed by atoms with Crippen molar-refractivity contribution in [1.29, 1.82) is 0 Å². The van der Waals surface area contributed by atoms with Crippen LogP contribution in [0, 0.1) is 6.92 Å². The lowest BCUT2D eigenvalue weighted by atomic mass is 9.88. The quantitative estimate of drug-likeness (QED) is 0.824. The van der Waals surface area contributed by atoms with E-state index >= 15 is 0 Å². The number of amides is 2. The van der Waals surface area contributed by atoms with Gasteiger partial charge in [0, 0.05) is 21.9 Å². The highest BCUT2D eigenvalue weighted by molar-refractivity contribution is 6.30. The van der Waals surface area contributed by atoms with E-state index in [1.807, 2.05) is 31.2 Å². The first kappa shape index (κ1) is 16.3. The van der Waals surface area contributed by atoms with Crippen LogP contribution in [0.1, 0.15) is 34.5 Å². The molecule has 122 valence electrons. The number of urea groups is 1. The SMILES string of the molecule is CC1=C(C(=O)c2ccc(Cl)cc2)[C@H](c2ccccc2C)NC(=O)N1. The minimum atomic E-state index is -0.483. The number of carbonyl (C=O) groups excluding carboxylic acids is 2. The van der Waals surface area contributed by atoms with Crippen LogP contribution < -0.4 is 10.6 Å². The number of hydrogen-bond donors (Lipinski definition) is 2. The number of halogens is 1. The average Bonchev–Trinajstić information content (AvgIpc) is 2.55. The van der Waals surface area contributed by atoms with Crippen molar-refractivity contribution in [2.24, 2.45) is 0 Å². The molecule has 0 radical (unpaired) electrons. The molecule has 0 aromatic heterocycles. The van der Waals surface area contributed by atoms with Gasteiger partial charge in [0.2, 0.25) is 0 Å². The second kappa shape index (κ2) is 6.49. The van der Waals surface area contributed by atoms with Gasteiger partial charge in [0.15, 0.2) is 5.78 Å². The van der Waals surface area contributed by atoms with Crippen molar-refractivity contribution in [3.63, 3.8) is 0 Å². The molecule has 2 N–H and O–H groups in total. The zero-order valence-corrected chi connectivity index (χ0v) is 14.1. The summed E-state index contributed by atoms with van der Waals surface area (Å²) in [4.78, 5) is 25.0. The molecule has 24 heavy (non-hydrogen) atoms.